The third-order valence-electron chi connectivity index (χ3n) is 3.19. The van der Waals surface area contributed by atoms with Crippen LogP contribution >= 0.6 is 0 Å². The van der Waals surface area contributed by atoms with Gasteiger partial charge in [0.15, 0.2) is 11.6 Å². The molecule has 1 aromatic carbocycles. The highest BCUT2D eigenvalue weighted by molar-refractivity contribution is 5.45. The number of hydrogen-bond donors (Lipinski definition) is 2. The molecule has 1 aromatic heterocycles. The zero-order chi connectivity index (χ0) is 14.7. The van der Waals surface area contributed by atoms with Gasteiger partial charge in [-0.25, -0.2) is 14.4 Å². The van der Waals surface area contributed by atoms with Crippen LogP contribution in [0.5, 0.6) is 5.75 Å². The number of hydrogen-bond acceptors (Lipinski definition) is 4. The van der Waals surface area contributed by atoms with Gasteiger partial charge in [0.1, 0.15) is 11.6 Å². The molecule has 2 N–H and O–H groups in total. The average Bonchev–Trinajstić information content (AvgIpc) is 2.42. The maximum Gasteiger partial charge on any atom is 0.165 e. The number of nitrogens with zero attached hydrogens (tertiary/aromatic N) is 2. The molecule has 2 aromatic rings. The Morgan fingerprint density at radius 1 is 1.40 bits per heavy atom. The summed E-state index contributed by atoms with van der Waals surface area (Å²) in [6, 6.07) is 4.25. The minimum atomic E-state index is -0.620. The largest absolute Gasteiger partial charge is 0.505 e. The van der Waals surface area contributed by atoms with E-state index in [1.165, 1.54) is 12.1 Å². The predicted molar refractivity (Wildman–Crippen MR) is 76.2 cm³/mol. The summed E-state index contributed by atoms with van der Waals surface area (Å²) in [5, 5.41) is 12.5. The van der Waals surface area contributed by atoms with Crippen molar-refractivity contribution in [3.8, 4) is 5.75 Å². The Kier molecular flexibility index (Phi) is 4.17. The van der Waals surface area contributed by atoms with Crippen molar-refractivity contribution in [2.45, 2.75) is 33.2 Å². The van der Waals surface area contributed by atoms with Crippen molar-refractivity contribution in [3.63, 3.8) is 0 Å². The minimum absolute atomic E-state index is 0.121. The van der Waals surface area contributed by atoms with E-state index in [2.05, 4.69) is 15.3 Å². The van der Waals surface area contributed by atoms with E-state index in [-0.39, 0.29) is 11.8 Å². The summed E-state index contributed by atoms with van der Waals surface area (Å²) in [5.41, 5.74) is 1.76. The quantitative estimate of drug-likeness (QED) is 0.898. The van der Waals surface area contributed by atoms with Gasteiger partial charge in [0.05, 0.1) is 6.04 Å². The van der Waals surface area contributed by atoms with Crippen molar-refractivity contribution in [2.75, 3.05) is 5.32 Å². The van der Waals surface area contributed by atoms with E-state index < -0.39 is 5.82 Å². The molecule has 2 rings (SSSR count). The summed E-state index contributed by atoms with van der Waals surface area (Å²) >= 11 is 0. The lowest BCUT2D eigenvalue weighted by Gasteiger charge is -2.17. The molecular weight excluding hydrogens is 257 g/mol. The van der Waals surface area contributed by atoms with Gasteiger partial charge >= 0.3 is 0 Å². The number of benzene rings is 1. The number of nitrogens with one attached hydrogen (secondary N) is 1. The molecule has 20 heavy (non-hydrogen) atoms. The average molecular weight is 275 g/mol. The van der Waals surface area contributed by atoms with Crippen molar-refractivity contribution in [3.05, 3.63) is 47.2 Å². The number of phenolic OH excluding ortho intramolecular Hbond substituents is 1. The van der Waals surface area contributed by atoms with Gasteiger partial charge in [-0.05, 0) is 38.0 Å². The molecule has 0 spiro atoms. The van der Waals surface area contributed by atoms with E-state index >= 15 is 0 Å². The highest BCUT2D eigenvalue weighted by Crippen LogP contribution is 2.24. The molecule has 1 atom stereocenters. The molecule has 0 aliphatic heterocycles. The molecule has 5 heteroatoms. The third-order valence-corrected chi connectivity index (χ3v) is 3.19. The van der Waals surface area contributed by atoms with Crippen LogP contribution in [0.4, 0.5) is 10.2 Å². The molecule has 0 amide bonds. The molecule has 0 saturated heterocycles. The number of halogens is 1. The Morgan fingerprint density at radius 3 is 2.80 bits per heavy atom. The SMILES string of the molecule is CCc1cnc(C)nc1N[C@H](C)c1ccc(O)c(F)c1. The summed E-state index contributed by atoms with van der Waals surface area (Å²) < 4.78 is 13.4. The Balaban J connectivity index is 2.24. The fourth-order valence-electron chi connectivity index (χ4n) is 1.96. The fraction of sp³-hybridized carbons (Fsp3) is 0.333. The van der Waals surface area contributed by atoms with Crippen molar-refractivity contribution in [2.24, 2.45) is 0 Å². The van der Waals surface area contributed by atoms with Crippen LogP contribution in [0.2, 0.25) is 0 Å². The third kappa shape index (κ3) is 3.04. The number of aromatic nitrogens is 2. The molecule has 0 bridgehead atoms. The summed E-state index contributed by atoms with van der Waals surface area (Å²) in [6.45, 7) is 5.78. The van der Waals surface area contributed by atoms with Crippen LogP contribution in [0.3, 0.4) is 0 Å². The van der Waals surface area contributed by atoms with Crippen LogP contribution in [0.15, 0.2) is 24.4 Å². The second-order valence-electron chi connectivity index (χ2n) is 4.72. The Labute approximate surface area is 117 Å². The van der Waals surface area contributed by atoms with Crippen LogP contribution in [0, 0.1) is 12.7 Å². The highest BCUT2D eigenvalue weighted by atomic mass is 19.1. The lowest BCUT2D eigenvalue weighted by Crippen LogP contribution is -2.11. The lowest BCUT2D eigenvalue weighted by atomic mass is 10.1. The molecular formula is C15H18FN3O. The van der Waals surface area contributed by atoms with Gasteiger partial charge in [0.2, 0.25) is 0 Å². The van der Waals surface area contributed by atoms with Gasteiger partial charge in [-0.15, -0.1) is 0 Å². The fourth-order valence-corrected chi connectivity index (χ4v) is 1.96. The first-order chi connectivity index (χ1) is 9.51. The van der Waals surface area contributed by atoms with Gasteiger partial charge in [-0.3, -0.25) is 0 Å². The second kappa shape index (κ2) is 5.86. The molecule has 106 valence electrons. The zero-order valence-electron chi connectivity index (χ0n) is 11.8. The summed E-state index contributed by atoms with van der Waals surface area (Å²) in [7, 11) is 0. The Morgan fingerprint density at radius 2 is 2.15 bits per heavy atom. The van der Waals surface area contributed by atoms with Crippen LogP contribution in [0.1, 0.15) is 36.8 Å². The van der Waals surface area contributed by atoms with Gasteiger partial charge in [0.25, 0.3) is 0 Å². The Hall–Kier alpha value is -2.17. The zero-order valence-corrected chi connectivity index (χ0v) is 11.8. The maximum atomic E-state index is 13.4. The first-order valence-electron chi connectivity index (χ1n) is 6.58. The molecule has 0 aliphatic rings. The van der Waals surface area contributed by atoms with Gasteiger partial charge in [0, 0.05) is 11.8 Å². The number of rotatable bonds is 4. The monoisotopic (exact) mass is 275 g/mol. The van der Waals surface area contributed by atoms with E-state index in [0.717, 1.165) is 23.4 Å². The number of anilines is 1. The number of aryl methyl sites for hydroxylation is 2. The van der Waals surface area contributed by atoms with E-state index in [4.69, 9.17) is 0 Å². The summed E-state index contributed by atoms with van der Waals surface area (Å²) in [6.07, 6.45) is 2.62. The van der Waals surface area contributed by atoms with Crippen molar-refractivity contribution >= 4 is 5.82 Å². The number of phenols is 1. The van der Waals surface area contributed by atoms with Crippen molar-refractivity contribution < 1.29 is 9.50 Å². The smallest absolute Gasteiger partial charge is 0.165 e. The van der Waals surface area contributed by atoms with E-state index in [1.54, 1.807) is 12.3 Å². The first-order valence-corrected chi connectivity index (χ1v) is 6.58. The van der Waals surface area contributed by atoms with Gasteiger partial charge < -0.3 is 10.4 Å². The lowest BCUT2D eigenvalue weighted by molar-refractivity contribution is 0.431. The first kappa shape index (κ1) is 14.2. The molecule has 0 fully saturated rings. The van der Waals surface area contributed by atoms with Gasteiger partial charge in [-0.1, -0.05) is 13.0 Å². The van der Waals surface area contributed by atoms with Crippen molar-refractivity contribution in [1.29, 1.82) is 0 Å². The summed E-state index contributed by atoms with van der Waals surface area (Å²) in [5.74, 6) is 0.494. The predicted octanol–water partition coefficient (Wildman–Crippen LogP) is 3.37. The second-order valence-corrected chi connectivity index (χ2v) is 4.72. The highest BCUT2D eigenvalue weighted by Gasteiger charge is 2.12. The van der Waals surface area contributed by atoms with E-state index in [1.807, 2.05) is 20.8 Å². The molecule has 0 saturated carbocycles. The topological polar surface area (TPSA) is 58.0 Å². The molecule has 4 nitrogen and oxygen atoms in total. The maximum absolute atomic E-state index is 13.4. The van der Waals surface area contributed by atoms with Crippen LogP contribution < -0.4 is 5.32 Å². The molecule has 1 heterocycles. The van der Waals surface area contributed by atoms with Crippen LogP contribution in [-0.2, 0) is 6.42 Å². The van der Waals surface area contributed by atoms with E-state index in [0.29, 0.717) is 5.82 Å². The van der Waals surface area contributed by atoms with Crippen molar-refractivity contribution in [1.82, 2.24) is 9.97 Å². The van der Waals surface area contributed by atoms with E-state index in [9.17, 15) is 9.50 Å². The Bertz CT molecular complexity index is 616. The molecule has 0 aliphatic carbocycles. The molecule has 0 radical (unpaired) electrons. The standard InChI is InChI=1S/C15H18FN3O/c1-4-11-8-17-10(3)19-15(11)18-9(2)12-5-6-14(20)13(16)7-12/h5-9,20H,4H2,1-3H3,(H,17,18,19)/t9-/m1/s1. The van der Waals surface area contributed by atoms with Crippen LogP contribution in [0.25, 0.3) is 0 Å². The minimum Gasteiger partial charge on any atom is -0.505 e. The summed E-state index contributed by atoms with van der Waals surface area (Å²) in [4.78, 5) is 8.56. The molecule has 0 unspecified atom stereocenters. The number of aromatic hydroxyl groups is 1. The van der Waals surface area contributed by atoms with Gasteiger partial charge in [-0.2, -0.15) is 0 Å². The normalized spacial score (nSPS) is 12.2. The van der Waals surface area contributed by atoms with Crippen LogP contribution in [-0.4, -0.2) is 15.1 Å².